The first-order valence-electron chi connectivity index (χ1n) is 10.6. The normalized spacial score (nSPS) is 16.7. The lowest BCUT2D eigenvalue weighted by Gasteiger charge is -2.35. The molecule has 1 aromatic carbocycles. The summed E-state index contributed by atoms with van der Waals surface area (Å²) in [5, 5.41) is 0.254. The van der Waals surface area contributed by atoms with Crippen LogP contribution in [0.25, 0.3) is 11.3 Å². The summed E-state index contributed by atoms with van der Waals surface area (Å²) in [5.41, 5.74) is 1.83. The van der Waals surface area contributed by atoms with Gasteiger partial charge in [0.2, 0.25) is 0 Å². The van der Waals surface area contributed by atoms with E-state index in [0.29, 0.717) is 30.0 Å². The molecule has 0 spiro atoms. The maximum absolute atomic E-state index is 14.6. The van der Waals surface area contributed by atoms with Crippen LogP contribution in [-0.4, -0.2) is 43.6 Å². The molecular weight excluding hydrogens is 447 g/mol. The Hall–Kier alpha value is -3.39. The fourth-order valence-electron chi connectivity index (χ4n) is 4.39. The van der Waals surface area contributed by atoms with Gasteiger partial charge >= 0.3 is 0 Å². The van der Waals surface area contributed by atoms with E-state index in [9.17, 15) is 14.0 Å². The Balaban J connectivity index is 1.48. The van der Waals surface area contributed by atoms with E-state index in [-0.39, 0.29) is 28.8 Å². The molecule has 170 valence electrons. The Morgan fingerprint density at radius 2 is 2.00 bits per heavy atom. The lowest BCUT2D eigenvalue weighted by molar-refractivity contribution is 0.0722. The zero-order valence-corrected chi connectivity index (χ0v) is 19.2. The molecule has 2 aromatic heterocycles. The molecule has 0 radical (unpaired) electrons. The quantitative estimate of drug-likeness (QED) is 0.585. The highest BCUT2D eigenvalue weighted by atomic mass is 35.5. The second kappa shape index (κ2) is 7.59. The van der Waals surface area contributed by atoms with Gasteiger partial charge in [-0.2, -0.15) is 0 Å². The molecule has 2 aliphatic heterocycles. The number of fused-ring (bicyclic) bond motifs is 2. The fourth-order valence-corrected chi connectivity index (χ4v) is 4.59. The smallest absolute Gasteiger partial charge is 0.275 e. The van der Waals surface area contributed by atoms with Crippen molar-refractivity contribution in [3.63, 3.8) is 0 Å². The number of rotatable bonds is 3. The summed E-state index contributed by atoms with van der Waals surface area (Å²) in [4.78, 5) is 32.2. The molecule has 7 nitrogen and oxygen atoms in total. The van der Waals surface area contributed by atoms with E-state index in [1.807, 2.05) is 26.8 Å². The van der Waals surface area contributed by atoms with Crippen molar-refractivity contribution in [2.24, 2.45) is 0 Å². The van der Waals surface area contributed by atoms with E-state index in [0.717, 1.165) is 11.3 Å². The second-order valence-corrected chi connectivity index (χ2v) is 9.29. The average Bonchev–Trinajstić information content (AvgIpc) is 3.17. The summed E-state index contributed by atoms with van der Waals surface area (Å²) in [5.74, 6) is -0.676. The number of halogens is 2. The van der Waals surface area contributed by atoms with Crippen LogP contribution in [0.4, 0.5) is 4.39 Å². The van der Waals surface area contributed by atoms with Crippen LogP contribution in [0.3, 0.4) is 0 Å². The lowest BCUT2D eigenvalue weighted by atomic mass is 9.94. The van der Waals surface area contributed by atoms with Crippen LogP contribution >= 0.6 is 11.6 Å². The second-order valence-electron chi connectivity index (χ2n) is 8.85. The van der Waals surface area contributed by atoms with Crippen molar-refractivity contribution in [2.75, 3.05) is 13.1 Å². The predicted molar refractivity (Wildman–Crippen MR) is 123 cm³/mol. The summed E-state index contributed by atoms with van der Waals surface area (Å²) in [6.45, 7) is 6.44. The van der Waals surface area contributed by atoms with Crippen LogP contribution in [0.2, 0.25) is 5.02 Å². The lowest BCUT2D eigenvalue weighted by Crippen LogP contribution is -2.46. The molecule has 0 saturated heterocycles. The number of hydrogen-bond acceptors (Lipinski definition) is 4. The van der Waals surface area contributed by atoms with E-state index < -0.39 is 11.4 Å². The summed E-state index contributed by atoms with van der Waals surface area (Å²) in [6, 6.07) is 6.16. The van der Waals surface area contributed by atoms with Crippen LogP contribution < -0.4 is 10.3 Å². The Labute approximate surface area is 194 Å². The van der Waals surface area contributed by atoms with Gasteiger partial charge in [-0.3, -0.25) is 9.59 Å². The summed E-state index contributed by atoms with van der Waals surface area (Å²) in [7, 11) is 0. The molecule has 9 heteroatoms. The van der Waals surface area contributed by atoms with E-state index >= 15 is 0 Å². The molecule has 0 bridgehead atoms. The van der Waals surface area contributed by atoms with Gasteiger partial charge in [-0.25, -0.2) is 9.37 Å². The Morgan fingerprint density at radius 1 is 1.21 bits per heavy atom. The van der Waals surface area contributed by atoms with Gasteiger partial charge in [0, 0.05) is 36.4 Å². The largest absolute Gasteiger partial charge is 0.480 e. The number of carbonyl (C=O) groups is 1. The molecular formula is C24H22ClFN4O3. The Bertz CT molecular complexity index is 1390. The van der Waals surface area contributed by atoms with Crippen molar-refractivity contribution >= 4 is 23.1 Å². The topological polar surface area (TPSA) is 69.4 Å². The van der Waals surface area contributed by atoms with Crippen molar-refractivity contribution in [3.05, 3.63) is 81.0 Å². The van der Waals surface area contributed by atoms with Crippen molar-refractivity contribution in [1.29, 1.82) is 0 Å². The fraction of sp³-hybridized carbons (Fsp3) is 0.292. The Kier molecular flexibility index (Phi) is 4.93. The van der Waals surface area contributed by atoms with Crippen molar-refractivity contribution in [3.8, 4) is 11.4 Å². The third-order valence-corrected chi connectivity index (χ3v) is 6.06. The maximum Gasteiger partial charge on any atom is 0.275 e. The number of pyridine rings is 1. The van der Waals surface area contributed by atoms with E-state index in [4.69, 9.17) is 16.3 Å². The molecule has 2 aliphatic rings. The SMILES string of the molecule is Cc1cn(-c2ccc3n(c2=O)CCN(CC2=CC(C)(C)Oc4c(F)cc(Cl)cc42)C3=O)cn1. The molecule has 4 heterocycles. The number of imidazole rings is 1. The van der Waals surface area contributed by atoms with Crippen molar-refractivity contribution in [1.82, 2.24) is 19.0 Å². The number of ether oxygens (including phenoxy) is 1. The molecule has 0 unspecified atom stereocenters. The zero-order valence-electron chi connectivity index (χ0n) is 18.4. The highest BCUT2D eigenvalue weighted by molar-refractivity contribution is 6.30. The molecule has 33 heavy (non-hydrogen) atoms. The monoisotopic (exact) mass is 468 g/mol. The number of aromatic nitrogens is 3. The van der Waals surface area contributed by atoms with Gasteiger partial charge in [0.25, 0.3) is 11.5 Å². The zero-order chi connectivity index (χ0) is 23.5. The van der Waals surface area contributed by atoms with E-state index in [1.165, 1.54) is 10.6 Å². The molecule has 5 rings (SSSR count). The first-order valence-corrected chi connectivity index (χ1v) is 10.9. The van der Waals surface area contributed by atoms with Crippen molar-refractivity contribution < 1.29 is 13.9 Å². The van der Waals surface area contributed by atoms with Crippen LogP contribution in [-0.2, 0) is 6.54 Å². The van der Waals surface area contributed by atoms with E-state index in [2.05, 4.69) is 4.98 Å². The molecule has 0 saturated carbocycles. The molecule has 0 aliphatic carbocycles. The van der Waals surface area contributed by atoms with Crippen molar-refractivity contribution in [2.45, 2.75) is 32.9 Å². The highest BCUT2D eigenvalue weighted by Gasteiger charge is 2.33. The first-order chi connectivity index (χ1) is 15.6. The van der Waals surface area contributed by atoms with Gasteiger partial charge in [0.1, 0.15) is 17.0 Å². The number of amides is 1. The third-order valence-electron chi connectivity index (χ3n) is 5.85. The highest BCUT2D eigenvalue weighted by Crippen LogP contribution is 2.40. The maximum atomic E-state index is 14.6. The minimum Gasteiger partial charge on any atom is -0.480 e. The minimum absolute atomic E-state index is 0.128. The average molecular weight is 469 g/mol. The van der Waals surface area contributed by atoms with Gasteiger partial charge < -0.3 is 18.8 Å². The van der Waals surface area contributed by atoms with Crippen LogP contribution in [0.5, 0.6) is 5.75 Å². The number of hydrogen-bond donors (Lipinski definition) is 0. The molecule has 3 aromatic rings. The van der Waals surface area contributed by atoms with Gasteiger partial charge in [-0.15, -0.1) is 0 Å². The van der Waals surface area contributed by atoms with Gasteiger partial charge in [0.05, 0.1) is 12.0 Å². The van der Waals surface area contributed by atoms with Crippen LogP contribution in [0.15, 0.2) is 47.7 Å². The van der Waals surface area contributed by atoms with Gasteiger partial charge in [-0.05, 0) is 56.7 Å². The number of benzene rings is 1. The molecule has 0 fully saturated rings. The standard InChI is InChI=1S/C24H22ClFN4O3/c1-14-11-29(13-27-14)19-4-5-20-22(31)28(6-7-30(20)23(19)32)12-15-10-24(2,3)33-21-17(15)8-16(25)9-18(21)26/h4-5,8-11,13H,6-7,12H2,1-3H3. The van der Waals surface area contributed by atoms with E-state index in [1.54, 1.807) is 40.2 Å². The number of nitrogens with zero attached hydrogens (tertiary/aromatic N) is 4. The summed E-state index contributed by atoms with van der Waals surface area (Å²) in [6.07, 6.45) is 5.23. The summed E-state index contributed by atoms with van der Waals surface area (Å²) < 4.78 is 23.5. The van der Waals surface area contributed by atoms with Crippen LogP contribution in [0.1, 0.15) is 35.6 Å². The first kappa shape index (κ1) is 21.5. The molecule has 0 atom stereocenters. The minimum atomic E-state index is -0.748. The summed E-state index contributed by atoms with van der Waals surface area (Å²) >= 11 is 6.09. The predicted octanol–water partition coefficient (Wildman–Crippen LogP) is 3.85. The number of aryl methyl sites for hydroxylation is 1. The van der Waals surface area contributed by atoms with Gasteiger partial charge in [-0.1, -0.05) is 11.6 Å². The molecule has 1 amide bonds. The molecule has 0 N–H and O–H groups in total. The van der Waals surface area contributed by atoms with Gasteiger partial charge in [0.15, 0.2) is 11.6 Å². The third kappa shape index (κ3) is 3.74. The van der Waals surface area contributed by atoms with Crippen LogP contribution in [0, 0.1) is 12.7 Å². The Morgan fingerprint density at radius 3 is 2.73 bits per heavy atom. The number of carbonyl (C=O) groups excluding carboxylic acids is 1.